The van der Waals surface area contributed by atoms with E-state index in [1.54, 1.807) is 0 Å². The van der Waals surface area contributed by atoms with Gasteiger partial charge in [-0.1, -0.05) is 26.8 Å². The van der Waals surface area contributed by atoms with Crippen molar-refractivity contribution in [1.82, 2.24) is 14.7 Å². The van der Waals surface area contributed by atoms with Gasteiger partial charge in [-0.15, -0.1) is 0 Å². The molecule has 0 bridgehead atoms. The molecule has 1 saturated heterocycles. The molecule has 23 heavy (non-hydrogen) atoms. The van der Waals surface area contributed by atoms with Crippen LogP contribution < -0.4 is 0 Å². The van der Waals surface area contributed by atoms with E-state index >= 15 is 0 Å². The normalized spacial score (nSPS) is 15.9. The van der Waals surface area contributed by atoms with Gasteiger partial charge in [0.1, 0.15) is 0 Å². The Bertz CT molecular complexity index is 739. The lowest BCUT2D eigenvalue weighted by molar-refractivity contribution is -0.138. The number of rotatable bonds is 4. The number of amides is 2. The molecule has 3 rings (SSSR count). The smallest absolute Gasteiger partial charge is 0.229 e. The first-order valence-electron chi connectivity index (χ1n) is 8.15. The van der Waals surface area contributed by atoms with Crippen molar-refractivity contribution < 1.29 is 9.59 Å². The first-order valence-corrected chi connectivity index (χ1v) is 8.15. The molecule has 2 aromatic rings. The monoisotopic (exact) mass is 313 g/mol. The zero-order valence-corrected chi connectivity index (χ0v) is 14.0. The summed E-state index contributed by atoms with van der Waals surface area (Å²) in [6, 6.07) is 6.44. The molecule has 0 atom stereocenters. The number of likely N-dealkylation sites (tertiary alicyclic amines) is 1. The lowest BCUT2D eigenvalue weighted by Gasteiger charge is -2.19. The lowest BCUT2D eigenvalue weighted by Crippen LogP contribution is -2.30. The summed E-state index contributed by atoms with van der Waals surface area (Å²) in [6.07, 6.45) is 3.34. The van der Waals surface area contributed by atoms with Crippen LogP contribution in [-0.4, -0.2) is 33.0 Å². The van der Waals surface area contributed by atoms with E-state index in [-0.39, 0.29) is 17.2 Å². The van der Waals surface area contributed by atoms with E-state index in [1.165, 1.54) is 10.5 Å². The number of aryl methyl sites for hydroxylation is 1. The maximum atomic E-state index is 11.6. The van der Waals surface area contributed by atoms with Crippen LogP contribution in [0, 0.1) is 0 Å². The highest BCUT2D eigenvalue weighted by Gasteiger charge is 2.28. The molecule has 0 N–H and O–H groups in total. The van der Waals surface area contributed by atoms with Crippen LogP contribution in [0.5, 0.6) is 0 Å². The van der Waals surface area contributed by atoms with E-state index in [0.717, 1.165) is 17.3 Å². The minimum atomic E-state index is -0.0462. The molecule has 1 aliphatic rings. The number of carbonyl (C=O) groups excluding carboxylic acids is 2. The summed E-state index contributed by atoms with van der Waals surface area (Å²) in [6.45, 7) is 7.78. The molecule has 5 heteroatoms. The zero-order valence-electron chi connectivity index (χ0n) is 14.0. The standard InChI is InChI=1S/C18H23N3O2/c1-18(2,3)14-5-6-15-13(11-14)12-19-21(15)10-4-9-20-16(22)7-8-17(20)23/h5-6,11-12H,4,7-10H2,1-3H3. The Labute approximate surface area is 136 Å². The van der Waals surface area contributed by atoms with Crippen LogP contribution in [0.4, 0.5) is 0 Å². The van der Waals surface area contributed by atoms with Gasteiger partial charge in [0.15, 0.2) is 0 Å². The Balaban J connectivity index is 1.69. The summed E-state index contributed by atoms with van der Waals surface area (Å²) >= 11 is 0. The second-order valence-corrected chi connectivity index (χ2v) is 7.18. The second kappa shape index (κ2) is 5.80. The topological polar surface area (TPSA) is 55.2 Å². The summed E-state index contributed by atoms with van der Waals surface area (Å²) in [5.74, 6) is -0.0923. The van der Waals surface area contributed by atoms with Crippen LogP contribution in [0.2, 0.25) is 0 Å². The van der Waals surface area contributed by atoms with Crippen LogP contribution in [0.25, 0.3) is 10.9 Å². The largest absolute Gasteiger partial charge is 0.283 e. The SMILES string of the molecule is CC(C)(C)c1ccc2c(cnn2CCCN2C(=O)CCC2=O)c1. The van der Waals surface area contributed by atoms with Crippen LogP contribution in [0.3, 0.4) is 0 Å². The zero-order chi connectivity index (χ0) is 16.6. The van der Waals surface area contributed by atoms with Crippen molar-refractivity contribution in [2.24, 2.45) is 0 Å². The Kier molecular flexibility index (Phi) is 3.96. The number of aromatic nitrogens is 2. The van der Waals surface area contributed by atoms with E-state index in [4.69, 9.17) is 0 Å². The predicted molar refractivity (Wildman–Crippen MR) is 89.0 cm³/mol. The molecular weight excluding hydrogens is 290 g/mol. The van der Waals surface area contributed by atoms with Crippen molar-refractivity contribution in [3.05, 3.63) is 30.0 Å². The van der Waals surface area contributed by atoms with Gasteiger partial charge in [-0.25, -0.2) is 0 Å². The molecule has 1 aromatic heterocycles. The molecule has 5 nitrogen and oxygen atoms in total. The highest BCUT2D eigenvalue weighted by Crippen LogP contribution is 2.26. The van der Waals surface area contributed by atoms with Crippen molar-refractivity contribution in [3.8, 4) is 0 Å². The van der Waals surface area contributed by atoms with E-state index in [2.05, 4.69) is 44.1 Å². The van der Waals surface area contributed by atoms with Crippen LogP contribution >= 0.6 is 0 Å². The van der Waals surface area contributed by atoms with Gasteiger partial charge in [0, 0.05) is 31.3 Å². The van der Waals surface area contributed by atoms with Gasteiger partial charge in [-0.3, -0.25) is 19.2 Å². The number of fused-ring (bicyclic) bond motifs is 1. The van der Waals surface area contributed by atoms with Gasteiger partial charge in [0.2, 0.25) is 11.8 Å². The van der Waals surface area contributed by atoms with Crippen molar-refractivity contribution in [2.75, 3.05) is 6.54 Å². The number of hydrogen-bond acceptors (Lipinski definition) is 3. The number of nitrogens with zero attached hydrogens (tertiary/aromatic N) is 3. The summed E-state index contributed by atoms with van der Waals surface area (Å²) < 4.78 is 1.95. The predicted octanol–water partition coefficient (Wildman–Crippen LogP) is 2.87. The average molecular weight is 313 g/mol. The average Bonchev–Trinajstić information content (AvgIpc) is 3.03. The third-order valence-corrected chi connectivity index (χ3v) is 4.41. The number of imide groups is 1. The first kappa shape index (κ1) is 15.7. The molecule has 1 fully saturated rings. The molecule has 0 spiro atoms. The fourth-order valence-electron chi connectivity index (χ4n) is 2.98. The number of carbonyl (C=O) groups is 2. The molecule has 0 saturated carbocycles. The summed E-state index contributed by atoms with van der Waals surface area (Å²) in [5, 5.41) is 5.58. The molecule has 2 amide bonds. The quantitative estimate of drug-likeness (QED) is 0.816. The molecule has 0 unspecified atom stereocenters. The highest BCUT2D eigenvalue weighted by atomic mass is 16.2. The molecule has 122 valence electrons. The Hall–Kier alpha value is -2.17. The Morgan fingerprint density at radius 2 is 1.78 bits per heavy atom. The summed E-state index contributed by atoms with van der Waals surface area (Å²) in [4.78, 5) is 24.6. The third-order valence-electron chi connectivity index (χ3n) is 4.41. The van der Waals surface area contributed by atoms with Crippen molar-refractivity contribution >= 4 is 22.7 Å². The second-order valence-electron chi connectivity index (χ2n) is 7.18. The summed E-state index contributed by atoms with van der Waals surface area (Å²) in [7, 11) is 0. The fourth-order valence-corrected chi connectivity index (χ4v) is 2.98. The minimum absolute atomic E-state index is 0.0462. The molecule has 1 aliphatic heterocycles. The van der Waals surface area contributed by atoms with Crippen molar-refractivity contribution in [2.45, 2.75) is 52.0 Å². The van der Waals surface area contributed by atoms with Gasteiger partial charge in [-0.2, -0.15) is 5.10 Å². The van der Waals surface area contributed by atoms with E-state index in [9.17, 15) is 9.59 Å². The van der Waals surface area contributed by atoms with Gasteiger partial charge in [0.25, 0.3) is 0 Å². The van der Waals surface area contributed by atoms with Crippen LogP contribution in [-0.2, 0) is 21.5 Å². The van der Waals surface area contributed by atoms with Gasteiger partial charge in [-0.05, 0) is 29.5 Å². The Morgan fingerprint density at radius 3 is 2.43 bits per heavy atom. The van der Waals surface area contributed by atoms with Crippen LogP contribution in [0.15, 0.2) is 24.4 Å². The van der Waals surface area contributed by atoms with Crippen molar-refractivity contribution in [1.29, 1.82) is 0 Å². The number of hydrogen-bond donors (Lipinski definition) is 0. The van der Waals surface area contributed by atoms with Gasteiger partial charge in [0.05, 0.1) is 11.7 Å². The molecule has 0 radical (unpaired) electrons. The fraction of sp³-hybridized carbons (Fsp3) is 0.500. The Morgan fingerprint density at radius 1 is 1.09 bits per heavy atom. The third kappa shape index (κ3) is 3.14. The summed E-state index contributed by atoms with van der Waals surface area (Å²) in [5.41, 5.74) is 2.50. The van der Waals surface area contributed by atoms with Gasteiger partial charge < -0.3 is 0 Å². The molecule has 2 heterocycles. The molecule has 1 aromatic carbocycles. The van der Waals surface area contributed by atoms with Crippen LogP contribution in [0.1, 0.15) is 45.6 Å². The highest BCUT2D eigenvalue weighted by molar-refractivity contribution is 6.01. The van der Waals surface area contributed by atoms with E-state index < -0.39 is 0 Å². The van der Waals surface area contributed by atoms with E-state index in [0.29, 0.717) is 25.9 Å². The van der Waals surface area contributed by atoms with Crippen molar-refractivity contribution in [3.63, 3.8) is 0 Å². The molecule has 0 aliphatic carbocycles. The molecular formula is C18H23N3O2. The van der Waals surface area contributed by atoms with E-state index in [1.807, 2.05) is 10.9 Å². The maximum Gasteiger partial charge on any atom is 0.229 e. The van der Waals surface area contributed by atoms with Gasteiger partial charge >= 0.3 is 0 Å². The first-order chi connectivity index (χ1) is 10.9. The maximum absolute atomic E-state index is 11.6. The number of benzene rings is 1. The lowest BCUT2D eigenvalue weighted by atomic mass is 9.86. The minimum Gasteiger partial charge on any atom is -0.283 e.